The van der Waals surface area contributed by atoms with E-state index in [0.717, 1.165) is 16.9 Å². The molecule has 0 saturated carbocycles. The van der Waals surface area contributed by atoms with Gasteiger partial charge < -0.3 is 9.30 Å². The molecule has 0 N–H and O–H groups in total. The number of nitrogens with zero attached hydrogens (tertiary/aromatic N) is 5. The Morgan fingerprint density at radius 2 is 1.87 bits per heavy atom. The summed E-state index contributed by atoms with van der Waals surface area (Å²) in [5.74, 6) is 1.78. The molecule has 0 spiro atoms. The molecule has 0 saturated heterocycles. The number of rotatable bonds is 4. The zero-order valence-corrected chi connectivity index (χ0v) is 17.7. The Bertz CT molecular complexity index is 1490. The number of ether oxygens (including phenoxy) is 1. The molecule has 3 aromatic heterocycles. The molecule has 0 aliphatic rings. The molecule has 2 aromatic carbocycles. The second kappa shape index (κ2) is 7.52. The molecular weight excluding hydrogens is 414 g/mol. The van der Waals surface area contributed by atoms with Crippen molar-refractivity contribution < 1.29 is 4.74 Å². The summed E-state index contributed by atoms with van der Waals surface area (Å²) in [6.45, 7) is 2.21. The summed E-state index contributed by atoms with van der Waals surface area (Å²) in [5.41, 5.74) is 2.78. The monoisotopic (exact) mass is 431 g/mol. The molecule has 0 unspecified atom stereocenters. The van der Waals surface area contributed by atoms with Crippen LogP contribution in [-0.4, -0.2) is 31.3 Å². The third-order valence-corrected chi connectivity index (χ3v) is 5.35. The molecule has 0 aliphatic carbocycles. The van der Waals surface area contributed by atoms with E-state index in [1.807, 2.05) is 48.5 Å². The molecule has 31 heavy (non-hydrogen) atoms. The minimum atomic E-state index is -0.161. The lowest BCUT2D eigenvalue weighted by atomic mass is 10.1. The van der Waals surface area contributed by atoms with E-state index in [2.05, 4.69) is 15.1 Å². The number of hydrogen-bond donors (Lipinski definition) is 0. The summed E-state index contributed by atoms with van der Waals surface area (Å²) < 4.78 is 8.49. The first-order valence-corrected chi connectivity index (χ1v) is 10.1. The Hall–Kier alpha value is -3.71. The van der Waals surface area contributed by atoms with E-state index in [9.17, 15) is 4.79 Å². The fourth-order valence-electron chi connectivity index (χ4n) is 3.67. The third kappa shape index (κ3) is 3.43. The second-order valence-electron chi connectivity index (χ2n) is 7.20. The molecule has 154 valence electrons. The molecule has 0 bridgehead atoms. The van der Waals surface area contributed by atoms with E-state index in [1.54, 1.807) is 35.4 Å². The first-order chi connectivity index (χ1) is 15.0. The van der Waals surface area contributed by atoms with Crippen LogP contribution in [0.2, 0.25) is 5.02 Å². The Morgan fingerprint density at radius 3 is 2.61 bits per heavy atom. The van der Waals surface area contributed by atoms with Crippen LogP contribution in [0.4, 0.5) is 0 Å². The predicted molar refractivity (Wildman–Crippen MR) is 120 cm³/mol. The largest absolute Gasteiger partial charge is 0.497 e. The Morgan fingerprint density at radius 1 is 1.06 bits per heavy atom. The maximum atomic E-state index is 13.6. The lowest BCUT2D eigenvalue weighted by Gasteiger charge is -2.12. The molecule has 8 heteroatoms. The number of aryl methyl sites for hydroxylation is 1. The summed E-state index contributed by atoms with van der Waals surface area (Å²) in [4.78, 5) is 22.5. The van der Waals surface area contributed by atoms with E-state index < -0.39 is 0 Å². The highest BCUT2D eigenvalue weighted by atomic mass is 35.5. The molecule has 0 amide bonds. The average molecular weight is 432 g/mol. The fraction of sp³-hybridized carbons (Fsp3) is 0.130. The molecule has 7 nitrogen and oxygen atoms in total. The zero-order chi connectivity index (χ0) is 21.5. The molecule has 3 heterocycles. The van der Waals surface area contributed by atoms with Crippen molar-refractivity contribution >= 4 is 28.3 Å². The Kier molecular flexibility index (Phi) is 4.67. The maximum Gasteiger partial charge on any atom is 0.262 e. The highest BCUT2D eigenvalue weighted by Gasteiger charge is 2.18. The van der Waals surface area contributed by atoms with Gasteiger partial charge in [0.05, 0.1) is 30.3 Å². The SMILES string of the molecule is COc1ccc(Cn2ccc3nc4nc(C)nn4c(-c4cccc(Cl)c4)c3c2=O)cc1. The molecule has 0 atom stereocenters. The van der Waals surface area contributed by atoms with Gasteiger partial charge in [-0.05, 0) is 42.8 Å². The minimum absolute atomic E-state index is 0.161. The van der Waals surface area contributed by atoms with Gasteiger partial charge in [-0.25, -0.2) is 4.98 Å². The molecule has 5 rings (SSSR count). The van der Waals surface area contributed by atoms with Crippen LogP contribution in [0.5, 0.6) is 5.75 Å². The minimum Gasteiger partial charge on any atom is -0.497 e. The smallest absolute Gasteiger partial charge is 0.262 e. The number of fused-ring (bicyclic) bond motifs is 2. The van der Waals surface area contributed by atoms with Crippen molar-refractivity contribution in [1.29, 1.82) is 0 Å². The van der Waals surface area contributed by atoms with Crippen LogP contribution >= 0.6 is 11.6 Å². The summed E-state index contributed by atoms with van der Waals surface area (Å²) in [7, 11) is 1.62. The van der Waals surface area contributed by atoms with Gasteiger partial charge in [-0.2, -0.15) is 9.50 Å². The quantitative estimate of drug-likeness (QED) is 0.428. The van der Waals surface area contributed by atoms with Crippen LogP contribution in [0.1, 0.15) is 11.4 Å². The predicted octanol–water partition coefficient (Wildman–Crippen LogP) is 4.12. The van der Waals surface area contributed by atoms with E-state index >= 15 is 0 Å². The van der Waals surface area contributed by atoms with Gasteiger partial charge in [0.2, 0.25) is 0 Å². The van der Waals surface area contributed by atoms with E-state index in [0.29, 0.717) is 39.8 Å². The number of benzene rings is 2. The summed E-state index contributed by atoms with van der Waals surface area (Å²) in [6.07, 6.45) is 1.75. The van der Waals surface area contributed by atoms with Gasteiger partial charge in [0, 0.05) is 16.8 Å². The molecular formula is C23H18ClN5O2. The van der Waals surface area contributed by atoms with Gasteiger partial charge in [0.1, 0.15) is 11.6 Å². The van der Waals surface area contributed by atoms with Crippen LogP contribution in [0.15, 0.2) is 65.6 Å². The normalized spacial score (nSPS) is 11.3. The number of halogens is 1. The number of hydrogen-bond acceptors (Lipinski definition) is 5. The fourth-order valence-corrected chi connectivity index (χ4v) is 3.87. The van der Waals surface area contributed by atoms with Crippen molar-refractivity contribution in [3.63, 3.8) is 0 Å². The first kappa shape index (κ1) is 19.3. The van der Waals surface area contributed by atoms with Gasteiger partial charge in [0.25, 0.3) is 11.3 Å². The Balaban J connectivity index is 1.76. The van der Waals surface area contributed by atoms with Crippen LogP contribution < -0.4 is 10.3 Å². The standard InChI is InChI=1S/C23H18ClN5O2/c1-14-25-23-26-19-10-11-28(13-15-6-8-18(31-2)9-7-15)22(30)20(19)21(29(23)27-14)16-4-3-5-17(24)12-16/h3-12H,13H2,1-2H3. The van der Waals surface area contributed by atoms with Crippen molar-refractivity contribution in [3.05, 3.63) is 87.6 Å². The summed E-state index contributed by atoms with van der Waals surface area (Å²) >= 11 is 6.25. The average Bonchev–Trinajstić information content (AvgIpc) is 3.14. The van der Waals surface area contributed by atoms with Crippen molar-refractivity contribution in [3.8, 4) is 17.0 Å². The van der Waals surface area contributed by atoms with Crippen molar-refractivity contribution in [2.24, 2.45) is 0 Å². The lowest BCUT2D eigenvalue weighted by Crippen LogP contribution is -2.22. The first-order valence-electron chi connectivity index (χ1n) is 9.69. The number of aromatic nitrogens is 5. The topological polar surface area (TPSA) is 74.3 Å². The zero-order valence-electron chi connectivity index (χ0n) is 16.9. The summed E-state index contributed by atoms with van der Waals surface area (Å²) in [6, 6.07) is 16.8. The second-order valence-corrected chi connectivity index (χ2v) is 7.64. The van der Waals surface area contributed by atoms with Gasteiger partial charge in [-0.3, -0.25) is 4.79 Å². The highest BCUT2D eigenvalue weighted by Crippen LogP contribution is 2.28. The molecule has 0 aliphatic heterocycles. The van der Waals surface area contributed by atoms with Crippen molar-refractivity contribution in [1.82, 2.24) is 24.1 Å². The highest BCUT2D eigenvalue weighted by molar-refractivity contribution is 6.30. The van der Waals surface area contributed by atoms with Gasteiger partial charge >= 0.3 is 0 Å². The van der Waals surface area contributed by atoms with Gasteiger partial charge in [-0.15, -0.1) is 5.10 Å². The van der Waals surface area contributed by atoms with Crippen LogP contribution in [0, 0.1) is 6.92 Å². The molecule has 0 radical (unpaired) electrons. The lowest BCUT2D eigenvalue weighted by molar-refractivity contribution is 0.414. The van der Waals surface area contributed by atoms with Crippen LogP contribution in [-0.2, 0) is 6.54 Å². The molecule has 5 aromatic rings. The third-order valence-electron chi connectivity index (χ3n) is 5.12. The number of methoxy groups -OCH3 is 1. The summed E-state index contributed by atoms with van der Waals surface area (Å²) in [5, 5.41) is 5.52. The van der Waals surface area contributed by atoms with Crippen molar-refractivity contribution in [2.45, 2.75) is 13.5 Å². The Labute approximate surface area is 182 Å². The van der Waals surface area contributed by atoms with Gasteiger partial charge in [-0.1, -0.05) is 35.9 Å². The molecule has 0 fully saturated rings. The van der Waals surface area contributed by atoms with Crippen molar-refractivity contribution in [2.75, 3.05) is 7.11 Å². The van der Waals surface area contributed by atoms with E-state index in [1.165, 1.54) is 0 Å². The van der Waals surface area contributed by atoms with E-state index in [-0.39, 0.29) is 5.56 Å². The van der Waals surface area contributed by atoms with Crippen LogP contribution in [0.3, 0.4) is 0 Å². The maximum absolute atomic E-state index is 13.6. The van der Waals surface area contributed by atoms with E-state index in [4.69, 9.17) is 16.3 Å². The van der Waals surface area contributed by atoms with Crippen LogP contribution in [0.25, 0.3) is 27.9 Å². The van der Waals surface area contributed by atoms with Gasteiger partial charge in [0.15, 0.2) is 0 Å². The number of pyridine rings is 1.